The maximum absolute atomic E-state index is 11.2. The molecule has 90 valence electrons. The summed E-state index contributed by atoms with van der Waals surface area (Å²) in [7, 11) is 4.10. The van der Waals surface area contributed by atoms with Gasteiger partial charge in [0.05, 0.1) is 0 Å². The van der Waals surface area contributed by atoms with E-state index < -0.39 is 0 Å². The van der Waals surface area contributed by atoms with Crippen molar-refractivity contribution in [1.29, 1.82) is 0 Å². The number of nitrogens with two attached hydrogens (primary N) is 1. The van der Waals surface area contributed by atoms with Gasteiger partial charge < -0.3 is 10.6 Å². The third kappa shape index (κ3) is 8.43. The van der Waals surface area contributed by atoms with Crippen molar-refractivity contribution in [1.82, 2.24) is 4.90 Å². The van der Waals surface area contributed by atoms with E-state index in [0.29, 0.717) is 0 Å². The van der Waals surface area contributed by atoms with Crippen LogP contribution in [0.25, 0.3) is 0 Å². The van der Waals surface area contributed by atoms with Gasteiger partial charge in [0, 0.05) is 5.92 Å². The van der Waals surface area contributed by atoms with Gasteiger partial charge in [-0.05, 0) is 39.9 Å². The minimum atomic E-state index is -0.121. The molecule has 1 unspecified atom stereocenters. The van der Waals surface area contributed by atoms with E-state index >= 15 is 0 Å². The Morgan fingerprint density at radius 1 is 1.20 bits per heavy atom. The standard InChI is InChI=1S/C12H26N2O/c1-4-5-6-8-11(12(13)15)9-7-10-14(2)3/h11H,4-10H2,1-3H3,(H2,13,15). The number of unbranched alkanes of at least 4 members (excludes halogenated alkanes) is 2. The predicted octanol–water partition coefficient (Wildman–Crippen LogP) is 2.01. The lowest BCUT2D eigenvalue weighted by Gasteiger charge is -2.14. The monoisotopic (exact) mass is 214 g/mol. The lowest BCUT2D eigenvalue weighted by atomic mass is 9.95. The second kappa shape index (κ2) is 8.72. The van der Waals surface area contributed by atoms with Crippen LogP contribution in [-0.4, -0.2) is 31.4 Å². The summed E-state index contributed by atoms with van der Waals surface area (Å²) >= 11 is 0. The van der Waals surface area contributed by atoms with Crippen molar-refractivity contribution in [3.63, 3.8) is 0 Å². The minimum absolute atomic E-state index is 0.0940. The van der Waals surface area contributed by atoms with E-state index in [4.69, 9.17) is 5.73 Å². The van der Waals surface area contributed by atoms with Crippen LogP contribution in [0.4, 0.5) is 0 Å². The summed E-state index contributed by atoms with van der Waals surface area (Å²) in [5, 5.41) is 0. The molecule has 0 saturated heterocycles. The number of amides is 1. The zero-order chi connectivity index (χ0) is 11.7. The van der Waals surface area contributed by atoms with Crippen LogP contribution in [0.5, 0.6) is 0 Å². The molecule has 0 aliphatic heterocycles. The molecule has 0 radical (unpaired) electrons. The summed E-state index contributed by atoms with van der Waals surface area (Å²) in [5.41, 5.74) is 5.38. The third-order valence-corrected chi connectivity index (χ3v) is 2.72. The first-order chi connectivity index (χ1) is 7.07. The van der Waals surface area contributed by atoms with E-state index in [1.54, 1.807) is 0 Å². The molecule has 0 heterocycles. The number of carbonyl (C=O) groups is 1. The molecule has 15 heavy (non-hydrogen) atoms. The van der Waals surface area contributed by atoms with Gasteiger partial charge in [-0.1, -0.05) is 26.2 Å². The zero-order valence-electron chi connectivity index (χ0n) is 10.5. The second-order valence-corrected chi connectivity index (χ2v) is 4.54. The summed E-state index contributed by atoms with van der Waals surface area (Å²) in [6, 6.07) is 0. The molecule has 3 heteroatoms. The van der Waals surface area contributed by atoms with Gasteiger partial charge >= 0.3 is 0 Å². The molecule has 0 aliphatic carbocycles. The smallest absolute Gasteiger partial charge is 0.220 e. The van der Waals surface area contributed by atoms with Crippen molar-refractivity contribution in [2.75, 3.05) is 20.6 Å². The van der Waals surface area contributed by atoms with Gasteiger partial charge in [-0.2, -0.15) is 0 Å². The van der Waals surface area contributed by atoms with Crippen LogP contribution < -0.4 is 5.73 Å². The van der Waals surface area contributed by atoms with Crippen LogP contribution in [0.1, 0.15) is 45.4 Å². The van der Waals surface area contributed by atoms with Crippen molar-refractivity contribution in [3.8, 4) is 0 Å². The Kier molecular flexibility index (Phi) is 8.38. The molecule has 1 amide bonds. The molecule has 0 saturated carbocycles. The molecule has 0 aromatic carbocycles. The summed E-state index contributed by atoms with van der Waals surface area (Å²) in [6.07, 6.45) is 6.51. The first-order valence-corrected chi connectivity index (χ1v) is 6.02. The highest BCUT2D eigenvalue weighted by atomic mass is 16.1. The van der Waals surface area contributed by atoms with E-state index in [1.807, 2.05) is 0 Å². The van der Waals surface area contributed by atoms with Gasteiger partial charge in [0.2, 0.25) is 5.91 Å². The zero-order valence-corrected chi connectivity index (χ0v) is 10.5. The van der Waals surface area contributed by atoms with Gasteiger partial charge in [-0.25, -0.2) is 0 Å². The van der Waals surface area contributed by atoms with Gasteiger partial charge in [0.25, 0.3) is 0 Å². The van der Waals surface area contributed by atoms with Crippen LogP contribution in [0.15, 0.2) is 0 Å². The quantitative estimate of drug-likeness (QED) is 0.597. The summed E-state index contributed by atoms with van der Waals surface area (Å²) in [5.74, 6) is -0.0265. The molecule has 0 aromatic rings. The maximum Gasteiger partial charge on any atom is 0.220 e. The lowest BCUT2D eigenvalue weighted by Crippen LogP contribution is -2.24. The fraction of sp³-hybridized carbons (Fsp3) is 0.917. The van der Waals surface area contributed by atoms with E-state index in [0.717, 1.165) is 32.2 Å². The molecule has 0 fully saturated rings. The topological polar surface area (TPSA) is 46.3 Å². The van der Waals surface area contributed by atoms with E-state index in [1.165, 1.54) is 12.8 Å². The van der Waals surface area contributed by atoms with Crippen molar-refractivity contribution in [2.24, 2.45) is 11.7 Å². The molecule has 2 N–H and O–H groups in total. The molecule has 0 aliphatic rings. The number of nitrogens with zero attached hydrogens (tertiary/aromatic N) is 1. The lowest BCUT2D eigenvalue weighted by molar-refractivity contribution is -0.122. The number of carbonyl (C=O) groups excluding carboxylic acids is 1. The summed E-state index contributed by atoms with van der Waals surface area (Å²) in [4.78, 5) is 13.3. The van der Waals surface area contributed by atoms with Gasteiger partial charge in [0.15, 0.2) is 0 Å². The molecule has 0 bridgehead atoms. The average molecular weight is 214 g/mol. The Balaban J connectivity index is 3.69. The fourth-order valence-electron chi connectivity index (χ4n) is 1.72. The number of hydrogen-bond acceptors (Lipinski definition) is 2. The first kappa shape index (κ1) is 14.4. The molecule has 3 nitrogen and oxygen atoms in total. The normalized spacial score (nSPS) is 13.1. The van der Waals surface area contributed by atoms with Gasteiger partial charge in [-0.15, -0.1) is 0 Å². The second-order valence-electron chi connectivity index (χ2n) is 4.54. The van der Waals surface area contributed by atoms with E-state index in [-0.39, 0.29) is 11.8 Å². The summed E-state index contributed by atoms with van der Waals surface area (Å²) < 4.78 is 0. The van der Waals surface area contributed by atoms with Crippen molar-refractivity contribution in [2.45, 2.75) is 45.4 Å². The molecule has 0 rings (SSSR count). The van der Waals surface area contributed by atoms with Crippen molar-refractivity contribution >= 4 is 5.91 Å². The van der Waals surface area contributed by atoms with Crippen LogP contribution in [0, 0.1) is 5.92 Å². The number of rotatable bonds is 9. The molecular formula is C12H26N2O. The Morgan fingerprint density at radius 2 is 1.80 bits per heavy atom. The van der Waals surface area contributed by atoms with Crippen LogP contribution in [-0.2, 0) is 4.79 Å². The molecule has 0 aromatic heterocycles. The number of primary amides is 1. The van der Waals surface area contributed by atoms with Crippen LogP contribution in [0.2, 0.25) is 0 Å². The molecule has 1 atom stereocenters. The third-order valence-electron chi connectivity index (χ3n) is 2.72. The highest BCUT2D eigenvalue weighted by molar-refractivity contribution is 5.76. The molecule has 0 spiro atoms. The van der Waals surface area contributed by atoms with Gasteiger partial charge in [-0.3, -0.25) is 4.79 Å². The van der Waals surface area contributed by atoms with Gasteiger partial charge in [0.1, 0.15) is 0 Å². The Morgan fingerprint density at radius 3 is 2.27 bits per heavy atom. The Bertz CT molecular complexity index is 169. The van der Waals surface area contributed by atoms with Crippen molar-refractivity contribution < 1.29 is 4.79 Å². The maximum atomic E-state index is 11.2. The Hall–Kier alpha value is -0.570. The number of hydrogen-bond donors (Lipinski definition) is 1. The van der Waals surface area contributed by atoms with Crippen molar-refractivity contribution in [3.05, 3.63) is 0 Å². The average Bonchev–Trinajstić information content (AvgIpc) is 2.15. The van der Waals surface area contributed by atoms with E-state index in [2.05, 4.69) is 25.9 Å². The highest BCUT2D eigenvalue weighted by Crippen LogP contribution is 2.15. The SMILES string of the molecule is CCCCCC(CCCN(C)C)C(N)=O. The first-order valence-electron chi connectivity index (χ1n) is 6.02. The predicted molar refractivity (Wildman–Crippen MR) is 64.6 cm³/mol. The fourth-order valence-corrected chi connectivity index (χ4v) is 1.72. The van der Waals surface area contributed by atoms with E-state index in [9.17, 15) is 4.79 Å². The largest absolute Gasteiger partial charge is 0.369 e. The highest BCUT2D eigenvalue weighted by Gasteiger charge is 2.14. The van der Waals surface area contributed by atoms with Crippen LogP contribution in [0.3, 0.4) is 0 Å². The Labute approximate surface area is 94.0 Å². The molecular weight excluding hydrogens is 188 g/mol. The minimum Gasteiger partial charge on any atom is -0.369 e. The van der Waals surface area contributed by atoms with Crippen LogP contribution >= 0.6 is 0 Å². The summed E-state index contributed by atoms with van der Waals surface area (Å²) in [6.45, 7) is 3.21.